The lowest BCUT2D eigenvalue weighted by molar-refractivity contribution is 0.103. The highest BCUT2D eigenvalue weighted by Gasteiger charge is 2.15. The average molecular weight is 291 g/mol. The minimum absolute atomic E-state index is 0.183. The smallest absolute Gasteiger partial charge is 0.200 e. The fourth-order valence-electron chi connectivity index (χ4n) is 2.55. The van der Waals surface area contributed by atoms with Crippen molar-refractivity contribution in [3.63, 3.8) is 0 Å². The van der Waals surface area contributed by atoms with E-state index in [1.54, 1.807) is 12.1 Å². The molecule has 0 radical (unpaired) electrons. The van der Waals surface area contributed by atoms with Crippen LogP contribution in [-0.2, 0) is 6.42 Å². The highest BCUT2D eigenvalue weighted by atomic mass is 16.1. The van der Waals surface area contributed by atoms with E-state index >= 15 is 0 Å². The van der Waals surface area contributed by atoms with E-state index in [1.807, 2.05) is 37.3 Å². The number of fused-ring (bicyclic) bond motifs is 1. The largest absolute Gasteiger partial charge is 0.360 e. The summed E-state index contributed by atoms with van der Waals surface area (Å²) in [5.41, 5.74) is 3.40. The summed E-state index contributed by atoms with van der Waals surface area (Å²) in [6.07, 6.45) is 2.43. The number of aromatic amines is 1. The van der Waals surface area contributed by atoms with Crippen LogP contribution < -0.4 is 5.43 Å². The number of hydrogen-bond donors (Lipinski definition) is 1. The fraction of sp³-hybridized carbons (Fsp3) is 0.158. The number of hydrogen-bond acceptors (Lipinski definition) is 2. The van der Waals surface area contributed by atoms with Crippen LogP contribution in [0.1, 0.15) is 34.0 Å². The van der Waals surface area contributed by atoms with Crippen LogP contribution >= 0.6 is 0 Å². The number of ketones is 1. The van der Waals surface area contributed by atoms with Crippen LogP contribution in [0.15, 0.2) is 53.5 Å². The van der Waals surface area contributed by atoms with Gasteiger partial charge in [0.05, 0.1) is 5.56 Å². The van der Waals surface area contributed by atoms with Crippen molar-refractivity contribution in [3.8, 4) is 0 Å². The van der Waals surface area contributed by atoms with E-state index in [-0.39, 0.29) is 16.8 Å². The predicted octanol–water partition coefficient (Wildman–Crippen LogP) is 3.63. The summed E-state index contributed by atoms with van der Waals surface area (Å²) in [6.45, 7) is 3.99. The molecule has 0 aliphatic heterocycles. The number of rotatable bonds is 3. The van der Waals surface area contributed by atoms with Crippen molar-refractivity contribution < 1.29 is 4.79 Å². The van der Waals surface area contributed by atoms with Crippen LogP contribution in [-0.4, -0.2) is 10.8 Å². The van der Waals surface area contributed by atoms with Crippen LogP contribution in [0.5, 0.6) is 0 Å². The first-order chi connectivity index (χ1) is 10.6. The maximum absolute atomic E-state index is 12.6. The second kappa shape index (κ2) is 5.60. The number of carbonyl (C=O) groups is 1. The molecule has 2 aromatic carbocycles. The van der Waals surface area contributed by atoms with Gasteiger partial charge in [0, 0.05) is 22.7 Å². The van der Waals surface area contributed by atoms with Gasteiger partial charge in [0.25, 0.3) is 0 Å². The Morgan fingerprint density at radius 3 is 2.50 bits per heavy atom. The van der Waals surface area contributed by atoms with Gasteiger partial charge in [-0.3, -0.25) is 9.59 Å². The van der Waals surface area contributed by atoms with Gasteiger partial charge in [0.2, 0.25) is 5.43 Å². The second-order valence-corrected chi connectivity index (χ2v) is 5.46. The molecule has 0 amide bonds. The molecule has 0 atom stereocenters. The predicted molar refractivity (Wildman–Crippen MR) is 88.6 cm³/mol. The van der Waals surface area contributed by atoms with Crippen LogP contribution in [0.25, 0.3) is 10.9 Å². The highest BCUT2D eigenvalue weighted by Crippen LogP contribution is 2.13. The van der Waals surface area contributed by atoms with Crippen molar-refractivity contribution >= 4 is 16.7 Å². The Morgan fingerprint density at radius 2 is 1.82 bits per heavy atom. The van der Waals surface area contributed by atoms with Gasteiger partial charge in [-0.2, -0.15) is 0 Å². The molecule has 3 rings (SSSR count). The molecule has 0 saturated heterocycles. The first-order valence-corrected chi connectivity index (χ1v) is 7.36. The van der Waals surface area contributed by atoms with Crippen LogP contribution in [0, 0.1) is 6.92 Å². The molecule has 0 saturated carbocycles. The zero-order valence-electron chi connectivity index (χ0n) is 12.6. The molecule has 0 aliphatic carbocycles. The van der Waals surface area contributed by atoms with Gasteiger partial charge >= 0.3 is 0 Å². The first kappa shape index (κ1) is 14.3. The van der Waals surface area contributed by atoms with Crippen molar-refractivity contribution in [1.82, 2.24) is 4.98 Å². The van der Waals surface area contributed by atoms with Gasteiger partial charge < -0.3 is 4.98 Å². The number of aromatic nitrogens is 1. The molecule has 3 aromatic rings. The standard InChI is InChI=1S/C19H17NO2/c1-3-13-5-7-14(8-6-13)18(21)16-11-20-17-9-4-12(2)10-15(17)19(16)22/h4-11H,3H2,1-2H3,(H,20,22). The highest BCUT2D eigenvalue weighted by molar-refractivity contribution is 6.10. The zero-order chi connectivity index (χ0) is 15.7. The summed E-state index contributed by atoms with van der Waals surface area (Å²) in [5.74, 6) is -0.243. The third kappa shape index (κ3) is 2.46. The Hall–Kier alpha value is -2.68. The lowest BCUT2D eigenvalue weighted by Crippen LogP contribution is -2.16. The van der Waals surface area contributed by atoms with Crippen molar-refractivity contribution in [2.24, 2.45) is 0 Å². The normalized spacial score (nSPS) is 10.8. The lowest BCUT2D eigenvalue weighted by atomic mass is 10.0. The average Bonchev–Trinajstić information content (AvgIpc) is 2.55. The minimum atomic E-state index is -0.243. The number of nitrogens with one attached hydrogen (secondary N) is 1. The molecule has 0 aliphatic rings. The van der Waals surface area contributed by atoms with Crippen LogP contribution in [0.4, 0.5) is 0 Å². The number of aryl methyl sites for hydroxylation is 2. The van der Waals surface area contributed by atoms with E-state index in [4.69, 9.17) is 0 Å². The minimum Gasteiger partial charge on any atom is -0.360 e. The number of H-pyrrole nitrogens is 1. The Balaban J connectivity index is 2.10. The first-order valence-electron chi connectivity index (χ1n) is 7.36. The molecule has 3 heteroatoms. The number of carbonyl (C=O) groups excluding carboxylic acids is 1. The van der Waals surface area contributed by atoms with Crippen molar-refractivity contribution in [2.75, 3.05) is 0 Å². The summed E-state index contributed by atoms with van der Waals surface area (Å²) in [5, 5.41) is 0.552. The quantitative estimate of drug-likeness (QED) is 0.749. The Kier molecular flexibility index (Phi) is 3.63. The Morgan fingerprint density at radius 1 is 1.09 bits per heavy atom. The van der Waals surface area contributed by atoms with E-state index < -0.39 is 0 Å². The monoisotopic (exact) mass is 291 g/mol. The summed E-state index contributed by atoms with van der Waals surface area (Å²) < 4.78 is 0. The summed E-state index contributed by atoms with van der Waals surface area (Å²) in [7, 11) is 0. The van der Waals surface area contributed by atoms with Crippen molar-refractivity contribution in [3.05, 3.63) is 81.1 Å². The fourth-order valence-corrected chi connectivity index (χ4v) is 2.55. The van der Waals surface area contributed by atoms with E-state index in [1.165, 1.54) is 11.8 Å². The van der Waals surface area contributed by atoms with E-state index in [2.05, 4.69) is 11.9 Å². The van der Waals surface area contributed by atoms with Gasteiger partial charge in [0.1, 0.15) is 0 Å². The SMILES string of the molecule is CCc1ccc(C(=O)c2c[nH]c3ccc(C)cc3c2=O)cc1. The lowest BCUT2D eigenvalue weighted by Gasteiger charge is -2.05. The molecule has 110 valence electrons. The van der Waals surface area contributed by atoms with Gasteiger partial charge in [-0.1, -0.05) is 42.8 Å². The molecule has 0 fully saturated rings. The molecular formula is C19H17NO2. The van der Waals surface area contributed by atoms with Crippen molar-refractivity contribution in [1.29, 1.82) is 0 Å². The third-order valence-corrected chi connectivity index (χ3v) is 3.91. The Labute approximate surface area is 128 Å². The van der Waals surface area contributed by atoms with Gasteiger partial charge in [-0.05, 0) is 31.0 Å². The summed E-state index contributed by atoms with van der Waals surface area (Å²) in [4.78, 5) is 28.2. The molecule has 1 heterocycles. The summed E-state index contributed by atoms with van der Waals surface area (Å²) >= 11 is 0. The topological polar surface area (TPSA) is 49.9 Å². The maximum atomic E-state index is 12.6. The number of benzene rings is 2. The third-order valence-electron chi connectivity index (χ3n) is 3.91. The molecule has 22 heavy (non-hydrogen) atoms. The molecule has 0 bridgehead atoms. The maximum Gasteiger partial charge on any atom is 0.200 e. The van der Waals surface area contributed by atoms with E-state index in [0.29, 0.717) is 10.9 Å². The second-order valence-electron chi connectivity index (χ2n) is 5.46. The zero-order valence-corrected chi connectivity index (χ0v) is 12.6. The van der Waals surface area contributed by atoms with Gasteiger partial charge in [-0.15, -0.1) is 0 Å². The van der Waals surface area contributed by atoms with Crippen LogP contribution in [0.3, 0.4) is 0 Å². The van der Waals surface area contributed by atoms with Crippen molar-refractivity contribution in [2.45, 2.75) is 20.3 Å². The molecular weight excluding hydrogens is 274 g/mol. The molecule has 0 spiro atoms. The molecule has 3 nitrogen and oxygen atoms in total. The number of pyridine rings is 1. The summed E-state index contributed by atoms with van der Waals surface area (Å²) in [6, 6.07) is 13.0. The van der Waals surface area contributed by atoms with Gasteiger partial charge in [0.15, 0.2) is 5.78 Å². The van der Waals surface area contributed by atoms with Crippen LogP contribution in [0.2, 0.25) is 0 Å². The Bertz CT molecular complexity index is 905. The van der Waals surface area contributed by atoms with E-state index in [9.17, 15) is 9.59 Å². The molecule has 1 aromatic heterocycles. The van der Waals surface area contributed by atoms with E-state index in [0.717, 1.165) is 17.5 Å². The molecule has 1 N–H and O–H groups in total. The molecule has 0 unspecified atom stereocenters. The van der Waals surface area contributed by atoms with Gasteiger partial charge in [-0.25, -0.2) is 0 Å².